The third-order valence-corrected chi connectivity index (χ3v) is 3.56. The molecule has 0 saturated heterocycles. The molecule has 1 N–H and O–H groups in total. The molecule has 0 saturated carbocycles. The van der Waals surface area contributed by atoms with Crippen molar-refractivity contribution < 1.29 is 28.6 Å². The van der Waals surface area contributed by atoms with E-state index >= 15 is 0 Å². The van der Waals surface area contributed by atoms with Crippen LogP contribution in [-0.4, -0.2) is 45.5 Å². The highest BCUT2D eigenvalue weighted by molar-refractivity contribution is 9.10. The number of ether oxygens (including phenoxy) is 3. The summed E-state index contributed by atoms with van der Waals surface area (Å²) in [5, 5.41) is 2.62. The smallest absolute Gasteiger partial charge is 0.305 e. The van der Waals surface area contributed by atoms with Gasteiger partial charge in [0.1, 0.15) is 0 Å². The number of halogens is 1. The van der Waals surface area contributed by atoms with E-state index in [0.717, 1.165) is 0 Å². The standard InChI is InChI=1S/C15H18BrNO6/c1-21-12-7-11(16)10(8-18)6-13(12)23-9-14(19)17-5-3-4-15(20)22-2/h6-8H,3-5,9H2,1-2H3,(H,17,19). The molecule has 0 aliphatic heterocycles. The van der Waals surface area contributed by atoms with Crippen LogP contribution in [0, 0.1) is 0 Å². The van der Waals surface area contributed by atoms with E-state index in [0.29, 0.717) is 40.8 Å². The Bertz CT molecular complexity index is 575. The summed E-state index contributed by atoms with van der Waals surface area (Å²) in [5.41, 5.74) is 0.388. The Kier molecular flexibility index (Phi) is 8.10. The zero-order chi connectivity index (χ0) is 17.2. The molecule has 0 atom stereocenters. The van der Waals surface area contributed by atoms with Gasteiger partial charge in [-0.05, 0) is 34.5 Å². The lowest BCUT2D eigenvalue weighted by molar-refractivity contribution is -0.140. The van der Waals surface area contributed by atoms with Crippen LogP contribution in [0.2, 0.25) is 0 Å². The molecule has 1 rings (SSSR count). The summed E-state index contributed by atoms with van der Waals surface area (Å²) in [7, 11) is 2.77. The van der Waals surface area contributed by atoms with Crippen molar-refractivity contribution in [2.24, 2.45) is 0 Å². The molecule has 23 heavy (non-hydrogen) atoms. The molecule has 7 nitrogen and oxygen atoms in total. The van der Waals surface area contributed by atoms with Crippen LogP contribution in [0.4, 0.5) is 0 Å². The minimum absolute atomic E-state index is 0.228. The molecule has 0 unspecified atom stereocenters. The van der Waals surface area contributed by atoms with E-state index in [2.05, 4.69) is 26.0 Å². The average Bonchev–Trinajstić information content (AvgIpc) is 2.56. The van der Waals surface area contributed by atoms with Crippen molar-refractivity contribution in [3.05, 3.63) is 22.2 Å². The Morgan fingerprint density at radius 1 is 1.26 bits per heavy atom. The number of rotatable bonds is 9. The summed E-state index contributed by atoms with van der Waals surface area (Å²) < 4.78 is 15.6. The first-order valence-corrected chi connectivity index (χ1v) is 7.60. The van der Waals surface area contributed by atoms with Crippen molar-refractivity contribution in [1.29, 1.82) is 0 Å². The van der Waals surface area contributed by atoms with E-state index in [4.69, 9.17) is 9.47 Å². The minimum Gasteiger partial charge on any atom is -0.493 e. The van der Waals surface area contributed by atoms with Gasteiger partial charge in [-0.25, -0.2) is 0 Å². The van der Waals surface area contributed by atoms with Crippen LogP contribution in [0.25, 0.3) is 0 Å². The summed E-state index contributed by atoms with van der Waals surface area (Å²) in [6, 6.07) is 3.08. The summed E-state index contributed by atoms with van der Waals surface area (Å²) in [6.07, 6.45) is 1.39. The third kappa shape index (κ3) is 6.27. The molecule has 0 aromatic heterocycles. The Labute approximate surface area is 142 Å². The number of amides is 1. The third-order valence-electron chi connectivity index (χ3n) is 2.88. The minimum atomic E-state index is -0.340. The van der Waals surface area contributed by atoms with Gasteiger partial charge in [-0.3, -0.25) is 14.4 Å². The second-order valence-corrected chi connectivity index (χ2v) is 5.32. The van der Waals surface area contributed by atoms with Gasteiger partial charge in [-0.2, -0.15) is 0 Å². The highest BCUT2D eigenvalue weighted by Gasteiger charge is 2.11. The zero-order valence-corrected chi connectivity index (χ0v) is 14.5. The Balaban J connectivity index is 2.49. The molecule has 0 heterocycles. The fourth-order valence-corrected chi connectivity index (χ4v) is 2.09. The Hall–Kier alpha value is -2.09. The Morgan fingerprint density at radius 2 is 2.00 bits per heavy atom. The summed E-state index contributed by atoms with van der Waals surface area (Å²) in [5.74, 6) is 0.0347. The van der Waals surface area contributed by atoms with E-state index in [9.17, 15) is 14.4 Å². The van der Waals surface area contributed by atoms with Crippen molar-refractivity contribution in [1.82, 2.24) is 5.32 Å². The van der Waals surface area contributed by atoms with Gasteiger partial charge in [-0.1, -0.05) is 0 Å². The predicted octanol–water partition coefficient (Wildman–Crippen LogP) is 1.72. The molecule has 0 fully saturated rings. The molecule has 0 bridgehead atoms. The van der Waals surface area contributed by atoms with Gasteiger partial charge in [0.2, 0.25) is 0 Å². The fourth-order valence-electron chi connectivity index (χ4n) is 1.67. The van der Waals surface area contributed by atoms with Gasteiger partial charge >= 0.3 is 5.97 Å². The molecule has 126 valence electrons. The summed E-state index contributed by atoms with van der Waals surface area (Å²) in [4.78, 5) is 33.5. The second-order valence-electron chi connectivity index (χ2n) is 4.46. The topological polar surface area (TPSA) is 90.9 Å². The highest BCUT2D eigenvalue weighted by atomic mass is 79.9. The fraction of sp³-hybridized carbons (Fsp3) is 0.400. The number of methoxy groups -OCH3 is 2. The van der Waals surface area contributed by atoms with E-state index < -0.39 is 0 Å². The average molecular weight is 388 g/mol. The van der Waals surface area contributed by atoms with Crippen molar-refractivity contribution in [2.45, 2.75) is 12.8 Å². The number of aldehydes is 1. The summed E-state index contributed by atoms with van der Waals surface area (Å²) in [6.45, 7) is 0.114. The van der Waals surface area contributed by atoms with Crippen LogP contribution in [0.15, 0.2) is 16.6 Å². The molecule has 0 radical (unpaired) electrons. The summed E-state index contributed by atoms with van der Waals surface area (Å²) >= 11 is 3.24. The monoisotopic (exact) mass is 387 g/mol. The van der Waals surface area contributed by atoms with Crippen LogP contribution >= 0.6 is 15.9 Å². The molecule has 1 aromatic rings. The van der Waals surface area contributed by atoms with Crippen LogP contribution in [-0.2, 0) is 14.3 Å². The van der Waals surface area contributed by atoms with Crippen LogP contribution < -0.4 is 14.8 Å². The first kappa shape index (κ1) is 19.0. The first-order chi connectivity index (χ1) is 11.0. The van der Waals surface area contributed by atoms with Gasteiger partial charge in [-0.15, -0.1) is 0 Å². The maximum Gasteiger partial charge on any atom is 0.305 e. The lowest BCUT2D eigenvalue weighted by Gasteiger charge is -2.12. The number of hydrogen-bond acceptors (Lipinski definition) is 6. The van der Waals surface area contributed by atoms with Crippen molar-refractivity contribution >= 4 is 34.1 Å². The largest absolute Gasteiger partial charge is 0.493 e. The lowest BCUT2D eigenvalue weighted by atomic mass is 10.2. The van der Waals surface area contributed by atoms with Crippen LogP contribution in [0.3, 0.4) is 0 Å². The van der Waals surface area contributed by atoms with Crippen LogP contribution in [0.5, 0.6) is 11.5 Å². The predicted molar refractivity (Wildman–Crippen MR) is 85.8 cm³/mol. The molecular weight excluding hydrogens is 370 g/mol. The molecule has 0 aliphatic carbocycles. The highest BCUT2D eigenvalue weighted by Crippen LogP contribution is 2.32. The van der Waals surface area contributed by atoms with Crippen LogP contribution in [0.1, 0.15) is 23.2 Å². The lowest BCUT2D eigenvalue weighted by Crippen LogP contribution is -2.30. The Morgan fingerprint density at radius 3 is 2.61 bits per heavy atom. The van der Waals surface area contributed by atoms with Gasteiger partial charge in [0, 0.05) is 23.0 Å². The van der Waals surface area contributed by atoms with E-state index in [-0.39, 0.29) is 24.9 Å². The van der Waals surface area contributed by atoms with Gasteiger partial charge in [0.05, 0.1) is 14.2 Å². The van der Waals surface area contributed by atoms with Crippen molar-refractivity contribution in [3.63, 3.8) is 0 Å². The molecular formula is C15H18BrNO6. The van der Waals surface area contributed by atoms with Crippen molar-refractivity contribution in [3.8, 4) is 11.5 Å². The van der Waals surface area contributed by atoms with Gasteiger partial charge in [0.25, 0.3) is 5.91 Å². The van der Waals surface area contributed by atoms with E-state index in [1.165, 1.54) is 20.3 Å². The quantitative estimate of drug-likeness (QED) is 0.394. The van der Waals surface area contributed by atoms with E-state index in [1.807, 2.05) is 0 Å². The normalized spacial score (nSPS) is 9.87. The zero-order valence-electron chi connectivity index (χ0n) is 12.9. The maximum absolute atomic E-state index is 11.7. The number of carbonyl (C=O) groups is 3. The number of carbonyl (C=O) groups excluding carboxylic acids is 3. The molecule has 0 spiro atoms. The van der Waals surface area contributed by atoms with Crippen molar-refractivity contribution in [2.75, 3.05) is 27.4 Å². The van der Waals surface area contributed by atoms with E-state index in [1.54, 1.807) is 6.07 Å². The maximum atomic E-state index is 11.7. The first-order valence-electron chi connectivity index (χ1n) is 6.80. The van der Waals surface area contributed by atoms with Gasteiger partial charge < -0.3 is 19.5 Å². The second kappa shape index (κ2) is 9.83. The number of nitrogens with one attached hydrogen (secondary N) is 1. The number of hydrogen-bond donors (Lipinski definition) is 1. The number of benzene rings is 1. The molecule has 8 heteroatoms. The molecule has 1 amide bonds. The van der Waals surface area contributed by atoms with Gasteiger partial charge in [0.15, 0.2) is 24.4 Å². The molecule has 0 aliphatic rings. The SMILES string of the molecule is COC(=O)CCCNC(=O)COc1cc(C=O)c(Br)cc1OC. The number of esters is 1. The molecule has 1 aromatic carbocycles.